The largest absolute Gasteiger partial charge is 0.494 e. The van der Waals surface area contributed by atoms with Gasteiger partial charge < -0.3 is 19.7 Å². The first-order valence-corrected chi connectivity index (χ1v) is 9.40. The van der Waals surface area contributed by atoms with Crippen LogP contribution >= 0.6 is 12.2 Å². The first kappa shape index (κ1) is 19.6. The van der Waals surface area contributed by atoms with Crippen molar-refractivity contribution in [2.45, 2.75) is 19.8 Å². The van der Waals surface area contributed by atoms with Crippen LogP contribution in [0.1, 0.15) is 25.3 Å². The molecule has 1 heterocycles. The maximum absolute atomic E-state index is 5.64. The highest BCUT2D eigenvalue weighted by molar-refractivity contribution is 7.80. The fourth-order valence-electron chi connectivity index (χ4n) is 2.45. The number of hydrogen-bond acceptors (Lipinski definition) is 4. The van der Waals surface area contributed by atoms with Gasteiger partial charge in [-0.05, 0) is 48.5 Å². The summed E-state index contributed by atoms with van der Waals surface area (Å²) in [5.41, 5.74) is 3.85. The van der Waals surface area contributed by atoms with Gasteiger partial charge in [-0.25, -0.2) is 0 Å². The molecule has 0 amide bonds. The van der Waals surface area contributed by atoms with Crippen LogP contribution in [0.5, 0.6) is 5.75 Å². The molecule has 0 aromatic heterocycles. The molecule has 0 saturated carbocycles. The average molecular weight is 366 g/mol. The Morgan fingerprint density at radius 1 is 1.32 bits per heavy atom. The lowest BCUT2D eigenvalue weighted by molar-refractivity contribution is -0.906. The lowest BCUT2D eigenvalue weighted by atomic mass is 10.2. The molecule has 1 aromatic rings. The van der Waals surface area contributed by atoms with Crippen molar-refractivity contribution in [3.8, 4) is 5.75 Å². The van der Waals surface area contributed by atoms with E-state index in [4.69, 9.17) is 21.7 Å². The van der Waals surface area contributed by atoms with Crippen LogP contribution in [-0.2, 0) is 4.74 Å². The molecule has 138 valence electrons. The second-order valence-electron chi connectivity index (χ2n) is 6.01. The number of thiocarbonyl (C=S) groups is 1. The molecule has 1 aliphatic heterocycles. The number of rotatable bonds is 9. The zero-order valence-corrected chi connectivity index (χ0v) is 15.7. The number of morpholine rings is 1. The van der Waals surface area contributed by atoms with Gasteiger partial charge in [0.2, 0.25) is 0 Å². The Hall–Kier alpha value is -1.70. The van der Waals surface area contributed by atoms with Crippen LogP contribution in [0.25, 0.3) is 0 Å². The van der Waals surface area contributed by atoms with Crippen molar-refractivity contribution in [3.63, 3.8) is 0 Å². The van der Waals surface area contributed by atoms with Crippen LogP contribution in [0.3, 0.4) is 0 Å². The molecule has 0 atom stereocenters. The van der Waals surface area contributed by atoms with Gasteiger partial charge in [0.25, 0.3) is 0 Å². The molecule has 2 rings (SSSR count). The Kier molecular flexibility index (Phi) is 9.25. The third kappa shape index (κ3) is 8.29. The summed E-state index contributed by atoms with van der Waals surface area (Å²) in [7, 11) is 0. The van der Waals surface area contributed by atoms with Gasteiger partial charge in [0.1, 0.15) is 18.8 Å². The molecule has 0 unspecified atom stereocenters. The van der Waals surface area contributed by atoms with Gasteiger partial charge >= 0.3 is 0 Å². The van der Waals surface area contributed by atoms with Gasteiger partial charge in [0, 0.05) is 0 Å². The predicted octanol–water partition coefficient (Wildman–Crippen LogP) is 0.579. The number of hydrogen-bond donors (Lipinski definition) is 3. The van der Waals surface area contributed by atoms with Crippen LogP contribution in [-0.4, -0.2) is 57.3 Å². The van der Waals surface area contributed by atoms with Crippen LogP contribution in [0.15, 0.2) is 29.4 Å². The maximum atomic E-state index is 5.64. The smallest absolute Gasteiger partial charge is 0.187 e. The average Bonchev–Trinajstić information content (AvgIpc) is 2.64. The van der Waals surface area contributed by atoms with E-state index < -0.39 is 0 Å². The number of unbranched alkanes of at least 4 members (excludes halogenated alkanes) is 1. The van der Waals surface area contributed by atoms with E-state index in [0.717, 1.165) is 70.2 Å². The van der Waals surface area contributed by atoms with Crippen LogP contribution in [0.4, 0.5) is 0 Å². The standard InChI is InChI=1S/C18H28N4O2S/c1-2-3-12-24-17-6-4-16(5-7-17)15-20-21-18(25)19-8-9-22-10-13-23-14-11-22/h4-7,15H,2-3,8-14H2,1H3,(H2,19,21,25)/p+1/b20-15-. The monoisotopic (exact) mass is 365 g/mol. The Morgan fingerprint density at radius 2 is 2.08 bits per heavy atom. The molecule has 1 saturated heterocycles. The number of nitrogens with one attached hydrogen (secondary N) is 3. The highest BCUT2D eigenvalue weighted by Gasteiger charge is 2.12. The summed E-state index contributed by atoms with van der Waals surface area (Å²) in [4.78, 5) is 1.55. The Balaban J connectivity index is 1.61. The number of ether oxygens (including phenoxy) is 2. The van der Waals surface area contributed by atoms with Crippen LogP contribution < -0.4 is 20.4 Å². The van der Waals surface area contributed by atoms with Gasteiger partial charge in [-0.1, -0.05) is 13.3 Å². The number of benzene rings is 1. The number of hydrazone groups is 1. The van der Waals surface area contributed by atoms with Crippen molar-refractivity contribution in [2.24, 2.45) is 5.10 Å². The molecular formula is C18H29N4O2S+. The van der Waals surface area contributed by atoms with Crippen molar-refractivity contribution in [2.75, 3.05) is 46.0 Å². The molecule has 1 aliphatic rings. The van der Waals surface area contributed by atoms with E-state index in [9.17, 15) is 0 Å². The molecule has 6 nitrogen and oxygen atoms in total. The third-order valence-electron chi connectivity index (χ3n) is 3.99. The lowest BCUT2D eigenvalue weighted by Gasteiger charge is -2.23. The SMILES string of the molecule is CCCCOc1ccc(/C=N\NC(=S)NCC[NH+]2CCOCC2)cc1. The summed E-state index contributed by atoms with van der Waals surface area (Å²) in [6.07, 6.45) is 3.96. The van der Waals surface area contributed by atoms with Gasteiger partial charge in [-0.3, -0.25) is 5.43 Å². The predicted molar refractivity (Wildman–Crippen MR) is 105 cm³/mol. The van der Waals surface area contributed by atoms with Gasteiger partial charge in [0.05, 0.1) is 39.1 Å². The highest BCUT2D eigenvalue weighted by Crippen LogP contribution is 2.11. The molecule has 1 aromatic carbocycles. The summed E-state index contributed by atoms with van der Waals surface area (Å²) in [5, 5.41) is 7.89. The minimum atomic E-state index is 0.545. The summed E-state index contributed by atoms with van der Waals surface area (Å²) < 4.78 is 11.0. The second-order valence-corrected chi connectivity index (χ2v) is 6.42. The molecule has 0 bridgehead atoms. The van der Waals surface area contributed by atoms with Gasteiger partial charge in [0.15, 0.2) is 5.11 Å². The number of quaternary nitrogens is 1. The minimum absolute atomic E-state index is 0.545. The molecule has 25 heavy (non-hydrogen) atoms. The molecule has 0 radical (unpaired) electrons. The first-order chi connectivity index (χ1) is 12.3. The topological polar surface area (TPSA) is 59.3 Å². The van der Waals surface area contributed by atoms with Crippen molar-refractivity contribution in [3.05, 3.63) is 29.8 Å². The van der Waals surface area contributed by atoms with Crippen LogP contribution in [0, 0.1) is 0 Å². The van der Waals surface area contributed by atoms with E-state index in [1.807, 2.05) is 24.3 Å². The van der Waals surface area contributed by atoms with E-state index in [2.05, 4.69) is 22.8 Å². The summed E-state index contributed by atoms with van der Waals surface area (Å²) in [6, 6.07) is 7.87. The van der Waals surface area contributed by atoms with E-state index in [0.29, 0.717) is 5.11 Å². The first-order valence-electron chi connectivity index (χ1n) is 8.99. The molecular weight excluding hydrogens is 336 g/mol. The Bertz CT molecular complexity index is 530. The fraction of sp³-hybridized carbons (Fsp3) is 0.556. The van der Waals surface area contributed by atoms with E-state index in [1.165, 1.54) is 0 Å². The van der Waals surface area contributed by atoms with Gasteiger partial charge in [-0.2, -0.15) is 5.10 Å². The zero-order chi connectivity index (χ0) is 17.7. The number of nitrogens with zero attached hydrogens (tertiary/aromatic N) is 1. The molecule has 3 N–H and O–H groups in total. The summed E-state index contributed by atoms with van der Waals surface area (Å²) in [5.74, 6) is 0.890. The minimum Gasteiger partial charge on any atom is -0.494 e. The van der Waals surface area contributed by atoms with Crippen molar-refractivity contribution in [1.29, 1.82) is 0 Å². The quantitative estimate of drug-likeness (QED) is 0.259. The van der Waals surface area contributed by atoms with Crippen molar-refractivity contribution in [1.82, 2.24) is 10.7 Å². The van der Waals surface area contributed by atoms with E-state index in [1.54, 1.807) is 11.1 Å². The zero-order valence-electron chi connectivity index (χ0n) is 14.9. The van der Waals surface area contributed by atoms with Gasteiger partial charge in [-0.15, -0.1) is 0 Å². The highest BCUT2D eigenvalue weighted by atomic mass is 32.1. The second kappa shape index (κ2) is 11.8. The molecule has 1 fully saturated rings. The van der Waals surface area contributed by atoms with Crippen molar-refractivity contribution < 1.29 is 14.4 Å². The Morgan fingerprint density at radius 3 is 2.80 bits per heavy atom. The lowest BCUT2D eigenvalue weighted by Crippen LogP contribution is -3.14. The fourth-order valence-corrected chi connectivity index (χ4v) is 2.61. The third-order valence-corrected chi connectivity index (χ3v) is 4.23. The van der Waals surface area contributed by atoms with E-state index >= 15 is 0 Å². The Labute approximate surface area is 155 Å². The maximum Gasteiger partial charge on any atom is 0.187 e. The summed E-state index contributed by atoms with van der Waals surface area (Å²) in [6.45, 7) is 8.62. The molecule has 7 heteroatoms. The molecule has 0 aliphatic carbocycles. The van der Waals surface area contributed by atoms with E-state index in [-0.39, 0.29) is 0 Å². The van der Waals surface area contributed by atoms with Crippen molar-refractivity contribution >= 4 is 23.5 Å². The normalized spacial score (nSPS) is 15.2. The summed E-state index contributed by atoms with van der Waals surface area (Å²) >= 11 is 5.23. The van der Waals surface area contributed by atoms with Crippen LogP contribution in [0.2, 0.25) is 0 Å². The molecule has 0 spiro atoms.